The molecule has 1 N–H and O–H groups in total. The molecule has 1 aliphatic rings. The second kappa shape index (κ2) is 7.03. The van der Waals surface area contributed by atoms with Crippen molar-refractivity contribution in [3.63, 3.8) is 0 Å². The lowest BCUT2D eigenvalue weighted by atomic mass is 9.81. The molecule has 24 heavy (non-hydrogen) atoms. The molecule has 0 aliphatic heterocycles. The molecule has 1 aromatic heterocycles. The number of ether oxygens (including phenoxy) is 1. The van der Waals surface area contributed by atoms with Crippen LogP contribution >= 0.6 is 0 Å². The third-order valence-corrected chi connectivity index (χ3v) is 4.45. The summed E-state index contributed by atoms with van der Waals surface area (Å²) < 4.78 is 10.9. The maximum atomic E-state index is 12.7. The van der Waals surface area contributed by atoms with E-state index in [9.17, 15) is 4.79 Å². The molecule has 2 aromatic rings. The van der Waals surface area contributed by atoms with E-state index >= 15 is 0 Å². The summed E-state index contributed by atoms with van der Waals surface area (Å²) in [6.45, 7) is 3.51. The van der Waals surface area contributed by atoms with Gasteiger partial charge in [0.05, 0.1) is 0 Å². The molecule has 1 saturated carbocycles. The van der Waals surface area contributed by atoms with E-state index in [1.807, 2.05) is 30.3 Å². The van der Waals surface area contributed by atoms with Crippen LogP contribution in [0.5, 0.6) is 5.75 Å². The summed E-state index contributed by atoms with van der Waals surface area (Å²) >= 11 is 0. The number of nitrogens with one attached hydrogen (secondary N) is 1. The molecule has 1 atom stereocenters. The molecule has 1 heterocycles. The van der Waals surface area contributed by atoms with Gasteiger partial charge >= 0.3 is 0 Å². The zero-order valence-corrected chi connectivity index (χ0v) is 14.1. The molecule has 128 valence electrons. The fourth-order valence-corrected chi connectivity index (χ4v) is 3.15. The van der Waals surface area contributed by atoms with Gasteiger partial charge in [-0.15, -0.1) is 0 Å². The Bertz CT molecular complexity index is 678. The average molecular weight is 329 g/mol. The van der Waals surface area contributed by atoms with Gasteiger partial charge in [0.1, 0.15) is 11.3 Å². The summed E-state index contributed by atoms with van der Waals surface area (Å²) in [7, 11) is 0. The number of aryl methyl sites for hydroxylation is 1. The van der Waals surface area contributed by atoms with Gasteiger partial charge in [0.25, 0.3) is 5.91 Å². The van der Waals surface area contributed by atoms with Crippen molar-refractivity contribution in [3.05, 3.63) is 42.0 Å². The monoisotopic (exact) mass is 329 g/mol. The molecule has 1 aliphatic carbocycles. The maximum absolute atomic E-state index is 12.7. The summed E-state index contributed by atoms with van der Waals surface area (Å²) in [4.78, 5) is 17.0. The van der Waals surface area contributed by atoms with Gasteiger partial charge in [0, 0.05) is 6.92 Å². The Morgan fingerprint density at radius 2 is 1.96 bits per heavy atom. The second-order valence-corrected chi connectivity index (χ2v) is 6.34. The van der Waals surface area contributed by atoms with Gasteiger partial charge < -0.3 is 14.6 Å². The highest BCUT2D eigenvalue weighted by Crippen LogP contribution is 2.35. The predicted octanol–water partition coefficient (Wildman–Crippen LogP) is 3.12. The number of carbonyl (C=O) groups is 1. The minimum Gasteiger partial charge on any atom is -0.481 e. The van der Waals surface area contributed by atoms with Crippen LogP contribution in [0.3, 0.4) is 0 Å². The first-order chi connectivity index (χ1) is 11.6. The van der Waals surface area contributed by atoms with Crippen LogP contribution < -0.4 is 10.1 Å². The van der Waals surface area contributed by atoms with Gasteiger partial charge in [0.15, 0.2) is 11.9 Å². The van der Waals surface area contributed by atoms with E-state index in [-0.39, 0.29) is 5.91 Å². The molecule has 0 bridgehead atoms. The molecule has 3 rings (SSSR count). The van der Waals surface area contributed by atoms with Crippen molar-refractivity contribution in [1.82, 2.24) is 15.5 Å². The van der Waals surface area contributed by atoms with E-state index < -0.39 is 11.6 Å². The number of aromatic nitrogens is 2. The summed E-state index contributed by atoms with van der Waals surface area (Å²) in [6.07, 6.45) is 4.25. The number of para-hydroxylation sites is 1. The number of rotatable bonds is 5. The molecule has 6 heteroatoms. The quantitative estimate of drug-likeness (QED) is 0.912. The largest absolute Gasteiger partial charge is 0.481 e. The highest BCUT2D eigenvalue weighted by Gasteiger charge is 2.40. The van der Waals surface area contributed by atoms with Crippen LogP contribution in [0.4, 0.5) is 0 Å². The third-order valence-electron chi connectivity index (χ3n) is 4.45. The first kappa shape index (κ1) is 16.5. The normalized spacial score (nSPS) is 17.9. The zero-order valence-electron chi connectivity index (χ0n) is 14.1. The van der Waals surface area contributed by atoms with Gasteiger partial charge in [0.2, 0.25) is 5.89 Å². The molecule has 0 saturated heterocycles. The van der Waals surface area contributed by atoms with E-state index in [1.165, 1.54) is 0 Å². The van der Waals surface area contributed by atoms with Gasteiger partial charge in [-0.25, -0.2) is 0 Å². The molecular weight excluding hydrogens is 306 g/mol. The van der Waals surface area contributed by atoms with Crippen molar-refractivity contribution in [2.24, 2.45) is 0 Å². The SMILES string of the molecule is Cc1nc(C2(NC(=O)[C@@H](C)Oc3ccccc3)CCCCC2)no1. The Kier molecular flexibility index (Phi) is 4.83. The van der Waals surface area contributed by atoms with E-state index in [0.717, 1.165) is 32.1 Å². The van der Waals surface area contributed by atoms with Gasteiger partial charge in [-0.05, 0) is 31.9 Å². The van der Waals surface area contributed by atoms with Crippen LogP contribution in [0.1, 0.15) is 50.7 Å². The van der Waals surface area contributed by atoms with Gasteiger partial charge in [-0.2, -0.15) is 4.98 Å². The smallest absolute Gasteiger partial charge is 0.261 e. The van der Waals surface area contributed by atoms with E-state index in [4.69, 9.17) is 9.26 Å². The highest BCUT2D eigenvalue weighted by molar-refractivity contribution is 5.81. The van der Waals surface area contributed by atoms with E-state index in [2.05, 4.69) is 15.5 Å². The van der Waals surface area contributed by atoms with Crippen molar-refractivity contribution in [2.75, 3.05) is 0 Å². The number of carbonyl (C=O) groups excluding carboxylic acids is 1. The highest BCUT2D eigenvalue weighted by atomic mass is 16.5. The van der Waals surface area contributed by atoms with Crippen molar-refractivity contribution < 1.29 is 14.1 Å². The average Bonchev–Trinajstić information content (AvgIpc) is 3.04. The Balaban J connectivity index is 1.73. The van der Waals surface area contributed by atoms with Crippen LogP contribution in [0.2, 0.25) is 0 Å². The number of hydrogen-bond acceptors (Lipinski definition) is 5. The van der Waals surface area contributed by atoms with Crippen LogP contribution in [-0.4, -0.2) is 22.2 Å². The van der Waals surface area contributed by atoms with Crippen molar-refractivity contribution in [1.29, 1.82) is 0 Å². The molecular formula is C18H23N3O3. The predicted molar refractivity (Wildman–Crippen MR) is 88.5 cm³/mol. The fraction of sp³-hybridized carbons (Fsp3) is 0.500. The minimum absolute atomic E-state index is 0.164. The summed E-state index contributed by atoms with van der Waals surface area (Å²) in [5, 5.41) is 7.20. The first-order valence-corrected chi connectivity index (χ1v) is 8.44. The molecule has 1 amide bonds. The van der Waals surface area contributed by atoms with Crippen LogP contribution in [0, 0.1) is 6.92 Å². The van der Waals surface area contributed by atoms with Crippen molar-refractivity contribution >= 4 is 5.91 Å². The lowest BCUT2D eigenvalue weighted by Crippen LogP contribution is -2.51. The molecule has 0 spiro atoms. The fourth-order valence-electron chi connectivity index (χ4n) is 3.15. The number of benzene rings is 1. The molecule has 1 aromatic carbocycles. The first-order valence-electron chi connectivity index (χ1n) is 8.44. The van der Waals surface area contributed by atoms with Gasteiger partial charge in [-0.3, -0.25) is 4.79 Å². The third kappa shape index (κ3) is 3.58. The Morgan fingerprint density at radius 1 is 1.25 bits per heavy atom. The van der Waals surface area contributed by atoms with Crippen LogP contribution in [-0.2, 0) is 10.3 Å². The molecule has 0 unspecified atom stereocenters. The molecule has 0 radical (unpaired) electrons. The van der Waals surface area contributed by atoms with Crippen molar-refractivity contribution in [3.8, 4) is 5.75 Å². The van der Waals surface area contributed by atoms with Crippen molar-refractivity contribution in [2.45, 2.75) is 57.6 Å². The Morgan fingerprint density at radius 3 is 2.58 bits per heavy atom. The number of hydrogen-bond donors (Lipinski definition) is 1. The lowest BCUT2D eigenvalue weighted by molar-refractivity contribution is -0.130. The summed E-state index contributed by atoms with van der Waals surface area (Å²) in [6, 6.07) is 9.34. The maximum Gasteiger partial charge on any atom is 0.261 e. The Hall–Kier alpha value is -2.37. The standard InChI is InChI=1S/C18H23N3O3/c1-13(23-15-9-5-3-6-10-15)16(22)20-18(11-7-4-8-12-18)17-19-14(2)24-21-17/h3,5-6,9-10,13H,4,7-8,11-12H2,1-2H3,(H,20,22)/t13-/m1/s1. The van der Waals surface area contributed by atoms with E-state index in [0.29, 0.717) is 17.5 Å². The Labute approximate surface area is 141 Å². The van der Waals surface area contributed by atoms with Crippen LogP contribution in [0.25, 0.3) is 0 Å². The summed E-state index contributed by atoms with van der Waals surface area (Å²) in [5.74, 6) is 1.59. The topological polar surface area (TPSA) is 77.2 Å². The van der Waals surface area contributed by atoms with Gasteiger partial charge in [-0.1, -0.05) is 42.6 Å². The summed E-state index contributed by atoms with van der Waals surface area (Å²) in [5.41, 5.74) is -0.554. The lowest BCUT2D eigenvalue weighted by Gasteiger charge is -2.36. The van der Waals surface area contributed by atoms with E-state index in [1.54, 1.807) is 13.8 Å². The molecule has 1 fully saturated rings. The molecule has 6 nitrogen and oxygen atoms in total. The second-order valence-electron chi connectivity index (χ2n) is 6.34. The van der Waals surface area contributed by atoms with Crippen LogP contribution in [0.15, 0.2) is 34.9 Å². The number of amides is 1. The zero-order chi connectivity index (χ0) is 17.0. The minimum atomic E-state index is -0.598. The number of nitrogens with zero attached hydrogens (tertiary/aromatic N) is 2.